The summed E-state index contributed by atoms with van der Waals surface area (Å²) in [6.07, 6.45) is 5.49. The van der Waals surface area contributed by atoms with Crippen LogP contribution >= 0.6 is 0 Å². The number of ether oxygens (including phenoxy) is 2. The average molecular weight is 168 g/mol. The van der Waals surface area contributed by atoms with Crippen molar-refractivity contribution in [1.29, 1.82) is 0 Å². The van der Waals surface area contributed by atoms with Crippen molar-refractivity contribution in [1.82, 2.24) is 0 Å². The van der Waals surface area contributed by atoms with Crippen molar-refractivity contribution < 1.29 is 14.6 Å². The summed E-state index contributed by atoms with van der Waals surface area (Å²) in [6, 6.07) is 0. The fourth-order valence-electron chi connectivity index (χ4n) is 1.00. The van der Waals surface area contributed by atoms with Gasteiger partial charge in [-0.2, -0.15) is 0 Å². The van der Waals surface area contributed by atoms with Gasteiger partial charge in [0, 0.05) is 7.11 Å². The van der Waals surface area contributed by atoms with Crippen molar-refractivity contribution in [2.75, 3.05) is 20.8 Å². The van der Waals surface area contributed by atoms with Crippen LogP contribution in [-0.4, -0.2) is 25.9 Å². The molecule has 0 aromatic rings. The van der Waals surface area contributed by atoms with Crippen molar-refractivity contribution in [3.63, 3.8) is 0 Å². The monoisotopic (exact) mass is 168 g/mol. The predicted molar refractivity (Wildman–Crippen MR) is 45.8 cm³/mol. The number of rotatable bonds is 3. The van der Waals surface area contributed by atoms with E-state index in [9.17, 15) is 0 Å². The van der Waals surface area contributed by atoms with Gasteiger partial charge in [-0.1, -0.05) is 6.08 Å². The van der Waals surface area contributed by atoms with E-state index < -0.39 is 0 Å². The van der Waals surface area contributed by atoms with Crippen LogP contribution in [0.1, 0.15) is 0 Å². The van der Waals surface area contributed by atoms with E-state index in [0.717, 1.165) is 5.57 Å². The maximum Gasteiger partial charge on any atom is 0.283 e. The molecule has 0 amide bonds. The highest BCUT2D eigenvalue weighted by Crippen LogP contribution is 2.17. The summed E-state index contributed by atoms with van der Waals surface area (Å²) in [4.78, 5) is 0. The molecule has 3 heteroatoms. The summed E-state index contributed by atoms with van der Waals surface area (Å²) in [5.41, 5.74) is 1.71. The zero-order valence-corrected chi connectivity index (χ0v) is 7.20. The van der Waals surface area contributed by atoms with Crippen LogP contribution in [0, 0.1) is 0 Å². The Balaban J connectivity index is 2.72. The third kappa shape index (κ3) is 1.89. The molecule has 1 aliphatic carbocycles. The van der Waals surface area contributed by atoms with Gasteiger partial charge in [-0.15, -0.1) is 0 Å². The van der Waals surface area contributed by atoms with E-state index in [1.165, 1.54) is 7.11 Å². The minimum Gasteiger partial charge on any atom is -0.481 e. The van der Waals surface area contributed by atoms with Crippen LogP contribution in [0.25, 0.3) is 0 Å². The largest absolute Gasteiger partial charge is 0.481 e. The molecule has 0 unspecified atom stereocenters. The molecular formula is C9H12O3. The fraction of sp³-hybridized carbons (Fsp3) is 0.333. The normalized spacial score (nSPS) is 19.3. The molecule has 12 heavy (non-hydrogen) atoms. The van der Waals surface area contributed by atoms with Gasteiger partial charge in [0.2, 0.25) is 0 Å². The molecule has 0 fully saturated rings. The molecule has 66 valence electrons. The molecule has 0 bridgehead atoms. The summed E-state index contributed by atoms with van der Waals surface area (Å²) < 4.78 is 9.58. The van der Waals surface area contributed by atoms with E-state index in [4.69, 9.17) is 9.84 Å². The van der Waals surface area contributed by atoms with Crippen molar-refractivity contribution in [2.24, 2.45) is 0 Å². The van der Waals surface area contributed by atoms with Crippen molar-refractivity contribution in [3.8, 4) is 0 Å². The Hall–Kier alpha value is -1.22. The second-order valence-electron chi connectivity index (χ2n) is 2.45. The number of hydrogen-bond acceptors (Lipinski definition) is 3. The van der Waals surface area contributed by atoms with Crippen molar-refractivity contribution in [2.45, 2.75) is 0 Å². The van der Waals surface area contributed by atoms with Gasteiger partial charge in [-0.3, -0.25) is 0 Å². The average Bonchev–Trinajstić information content (AvgIpc) is 2.52. The van der Waals surface area contributed by atoms with E-state index >= 15 is 0 Å². The third-order valence-corrected chi connectivity index (χ3v) is 1.57. The summed E-state index contributed by atoms with van der Waals surface area (Å²) >= 11 is 0. The van der Waals surface area contributed by atoms with Crippen LogP contribution in [0.4, 0.5) is 0 Å². The maximum atomic E-state index is 9.16. The molecule has 0 atom stereocenters. The zero-order valence-electron chi connectivity index (χ0n) is 7.20. The lowest BCUT2D eigenvalue weighted by atomic mass is 10.3. The first-order chi connectivity index (χ1) is 5.77. The number of aliphatic hydroxyl groups excluding tert-OH is 1. The summed E-state index contributed by atoms with van der Waals surface area (Å²) in [7, 11) is 3.06. The molecule has 3 nitrogen and oxygen atoms in total. The first-order valence-electron chi connectivity index (χ1n) is 3.62. The van der Waals surface area contributed by atoms with Gasteiger partial charge in [-0.05, 0) is 17.7 Å². The van der Waals surface area contributed by atoms with Gasteiger partial charge in [0.05, 0.1) is 19.3 Å². The third-order valence-electron chi connectivity index (χ3n) is 1.57. The zero-order chi connectivity index (χ0) is 8.97. The first kappa shape index (κ1) is 8.87. The van der Waals surface area contributed by atoms with Gasteiger partial charge in [0.25, 0.3) is 5.95 Å². The van der Waals surface area contributed by atoms with Gasteiger partial charge in [-0.25, -0.2) is 0 Å². The summed E-state index contributed by atoms with van der Waals surface area (Å²) in [5.74, 6) is -0.0580. The highest BCUT2D eigenvalue weighted by atomic mass is 16.6. The van der Waals surface area contributed by atoms with E-state index in [0.29, 0.717) is 12.2 Å². The Morgan fingerprint density at radius 1 is 1.42 bits per heavy atom. The fourth-order valence-corrected chi connectivity index (χ4v) is 1.00. The van der Waals surface area contributed by atoms with Crippen molar-refractivity contribution >= 4 is 0 Å². The Bertz CT molecular complexity index is 248. The minimum atomic E-state index is -0.0580. The Kier molecular flexibility index (Phi) is 2.94. The number of allylic oxidation sites excluding steroid dienone is 3. The highest BCUT2D eigenvalue weighted by molar-refractivity contribution is 5.46. The molecule has 0 spiro atoms. The van der Waals surface area contributed by atoms with Crippen LogP contribution in [0.5, 0.6) is 0 Å². The van der Waals surface area contributed by atoms with E-state index in [-0.39, 0.29) is 5.95 Å². The second kappa shape index (κ2) is 3.97. The van der Waals surface area contributed by atoms with E-state index in [2.05, 4.69) is 4.74 Å². The Morgan fingerprint density at radius 3 is 2.75 bits per heavy atom. The number of aliphatic hydroxyl groups is 1. The van der Waals surface area contributed by atoms with Crippen LogP contribution in [-0.2, 0) is 9.47 Å². The molecule has 0 saturated carbocycles. The van der Waals surface area contributed by atoms with Crippen LogP contribution in [0.2, 0.25) is 0 Å². The Labute approximate surface area is 71.6 Å². The molecular weight excluding hydrogens is 156 g/mol. The maximum absolute atomic E-state index is 9.16. The standard InChI is InChI=1S/C9H12O3/c1-11-6-7-3-4-8(5-7)9(10)12-2/h3-5,10H,6H2,1-2H3. The molecule has 0 heterocycles. The topological polar surface area (TPSA) is 38.7 Å². The minimum absolute atomic E-state index is 0.0580. The highest BCUT2D eigenvalue weighted by Gasteiger charge is 2.06. The quantitative estimate of drug-likeness (QED) is 0.650. The van der Waals surface area contributed by atoms with Crippen molar-refractivity contribution in [3.05, 3.63) is 35.3 Å². The molecule has 1 aliphatic rings. The van der Waals surface area contributed by atoms with Gasteiger partial charge >= 0.3 is 0 Å². The van der Waals surface area contributed by atoms with Crippen LogP contribution < -0.4 is 0 Å². The molecule has 1 N–H and O–H groups in total. The van der Waals surface area contributed by atoms with Gasteiger partial charge < -0.3 is 14.6 Å². The smallest absolute Gasteiger partial charge is 0.283 e. The van der Waals surface area contributed by atoms with E-state index in [1.807, 2.05) is 12.2 Å². The summed E-state index contributed by atoms with van der Waals surface area (Å²) in [6.45, 7) is 0.553. The lowest BCUT2D eigenvalue weighted by molar-refractivity contribution is 0.134. The number of methoxy groups -OCH3 is 2. The van der Waals surface area contributed by atoms with E-state index in [1.54, 1.807) is 13.2 Å². The molecule has 0 radical (unpaired) electrons. The lowest BCUT2D eigenvalue weighted by Gasteiger charge is -1.98. The molecule has 0 saturated heterocycles. The lowest BCUT2D eigenvalue weighted by Crippen LogP contribution is -1.89. The van der Waals surface area contributed by atoms with Crippen LogP contribution in [0.15, 0.2) is 35.3 Å². The van der Waals surface area contributed by atoms with Gasteiger partial charge in [0.15, 0.2) is 0 Å². The number of hydrogen-bond donors (Lipinski definition) is 1. The summed E-state index contributed by atoms with van der Waals surface area (Å²) in [5, 5.41) is 9.16. The van der Waals surface area contributed by atoms with Gasteiger partial charge in [0.1, 0.15) is 0 Å². The molecule has 0 aliphatic heterocycles. The predicted octanol–water partition coefficient (Wildman–Crippen LogP) is 1.55. The SMILES string of the molecule is COCC1=CC(=C(O)OC)C=C1. The molecule has 1 rings (SSSR count). The first-order valence-corrected chi connectivity index (χ1v) is 3.62. The molecule has 0 aromatic carbocycles. The second-order valence-corrected chi connectivity index (χ2v) is 2.45. The van der Waals surface area contributed by atoms with Crippen LogP contribution in [0.3, 0.4) is 0 Å². The Morgan fingerprint density at radius 2 is 2.17 bits per heavy atom. The molecule has 0 aromatic heterocycles.